The summed E-state index contributed by atoms with van der Waals surface area (Å²) in [7, 11) is 0. The Morgan fingerprint density at radius 1 is 0.441 bits per heavy atom. The Morgan fingerprint density at radius 2 is 0.794 bits per heavy atom. The van der Waals surface area contributed by atoms with Crippen molar-refractivity contribution in [2.24, 2.45) is 5.92 Å². The zero-order chi connectivity index (χ0) is 25.0. The van der Waals surface area contributed by atoms with Crippen LogP contribution in [0.5, 0.6) is 0 Å². The molecule has 0 amide bonds. The van der Waals surface area contributed by atoms with Gasteiger partial charge in [0.15, 0.2) is 0 Å². The van der Waals surface area contributed by atoms with Crippen molar-refractivity contribution >= 4 is 0 Å². The minimum atomic E-state index is 0.903. The number of unbranched alkanes of at least 4 members (excludes halogenated alkanes) is 19. The topological polar surface area (TPSA) is 0 Å². The summed E-state index contributed by atoms with van der Waals surface area (Å²) in [5.41, 5.74) is 1.50. The average molecular weight is 473 g/mol. The fourth-order valence-electron chi connectivity index (χ4n) is 4.68. The molecule has 0 saturated carbocycles. The molecule has 1 aromatic carbocycles. The van der Waals surface area contributed by atoms with Gasteiger partial charge < -0.3 is 0 Å². The summed E-state index contributed by atoms with van der Waals surface area (Å²) in [5, 5.41) is 0. The zero-order valence-corrected chi connectivity index (χ0v) is 24.2. The average Bonchev–Trinajstić information content (AvgIpc) is 2.84. The van der Waals surface area contributed by atoms with Gasteiger partial charge in [0.25, 0.3) is 0 Å². The summed E-state index contributed by atoms with van der Waals surface area (Å²) >= 11 is 0. The van der Waals surface area contributed by atoms with Crippen molar-refractivity contribution in [2.45, 2.75) is 175 Å². The molecule has 0 fully saturated rings. The highest BCUT2D eigenvalue weighted by atomic mass is 14.0. The first-order valence-electron chi connectivity index (χ1n) is 15.7. The van der Waals surface area contributed by atoms with E-state index in [2.05, 4.69) is 58.0 Å². The van der Waals surface area contributed by atoms with Gasteiger partial charge in [0.1, 0.15) is 0 Å². The lowest BCUT2D eigenvalue weighted by Crippen LogP contribution is -1.87. The van der Waals surface area contributed by atoms with Gasteiger partial charge >= 0.3 is 0 Å². The first-order valence-corrected chi connectivity index (χ1v) is 15.7. The molecular formula is C34H64. The molecule has 0 unspecified atom stereocenters. The van der Waals surface area contributed by atoms with E-state index in [0.717, 1.165) is 5.92 Å². The van der Waals surface area contributed by atoms with Crippen LogP contribution >= 0.6 is 0 Å². The first-order chi connectivity index (χ1) is 16.7. The van der Waals surface area contributed by atoms with Gasteiger partial charge in [-0.15, -0.1) is 0 Å². The molecule has 0 aliphatic heterocycles. The Hall–Kier alpha value is -0.780. The molecule has 0 N–H and O–H groups in total. The second-order valence-electron chi connectivity index (χ2n) is 11.1. The predicted octanol–water partition coefficient (Wildman–Crippen LogP) is 12.5. The molecule has 0 aromatic heterocycles. The summed E-state index contributed by atoms with van der Waals surface area (Å²) in [6.07, 6.45) is 33.0. The minimum Gasteiger partial charge on any atom is -0.0654 e. The Balaban J connectivity index is 0.000000770. The van der Waals surface area contributed by atoms with E-state index in [9.17, 15) is 0 Å². The third-order valence-electron chi connectivity index (χ3n) is 7.05. The molecule has 0 heteroatoms. The van der Waals surface area contributed by atoms with E-state index in [1.54, 1.807) is 0 Å². The van der Waals surface area contributed by atoms with E-state index in [1.165, 1.54) is 153 Å². The SMILES string of the molecule is CCCCCCCCCC(C)C.CCCCCCCCCCCCCCCCc1ccccc1. The third-order valence-corrected chi connectivity index (χ3v) is 7.05. The predicted molar refractivity (Wildman–Crippen MR) is 158 cm³/mol. The molecular weight excluding hydrogens is 408 g/mol. The van der Waals surface area contributed by atoms with Gasteiger partial charge in [0.05, 0.1) is 0 Å². The van der Waals surface area contributed by atoms with E-state index in [1.807, 2.05) is 0 Å². The molecule has 34 heavy (non-hydrogen) atoms. The van der Waals surface area contributed by atoms with E-state index in [-0.39, 0.29) is 0 Å². The Bertz CT molecular complexity index is 460. The molecule has 0 aliphatic carbocycles. The number of rotatable bonds is 23. The highest BCUT2D eigenvalue weighted by Gasteiger charge is 1.96. The lowest BCUT2D eigenvalue weighted by Gasteiger charge is -2.03. The van der Waals surface area contributed by atoms with Gasteiger partial charge in [0.2, 0.25) is 0 Å². The van der Waals surface area contributed by atoms with Crippen LogP contribution in [0.15, 0.2) is 30.3 Å². The smallest absolute Gasteiger partial charge is 0.0279 e. The molecule has 0 atom stereocenters. The number of benzene rings is 1. The summed E-state index contributed by atoms with van der Waals surface area (Å²) in [4.78, 5) is 0. The second-order valence-corrected chi connectivity index (χ2v) is 11.1. The summed E-state index contributed by atoms with van der Waals surface area (Å²) in [6, 6.07) is 10.9. The van der Waals surface area contributed by atoms with Crippen LogP contribution in [-0.2, 0) is 6.42 Å². The van der Waals surface area contributed by atoms with E-state index < -0.39 is 0 Å². The monoisotopic (exact) mass is 473 g/mol. The summed E-state index contributed by atoms with van der Waals surface area (Å²) < 4.78 is 0. The second kappa shape index (κ2) is 28.5. The Morgan fingerprint density at radius 3 is 1.18 bits per heavy atom. The normalized spacial score (nSPS) is 11.0. The fraction of sp³-hybridized carbons (Fsp3) is 0.824. The lowest BCUT2D eigenvalue weighted by atomic mass is 10.0. The summed E-state index contributed by atoms with van der Waals surface area (Å²) in [6.45, 7) is 9.20. The van der Waals surface area contributed by atoms with Crippen molar-refractivity contribution in [1.29, 1.82) is 0 Å². The fourth-order valence-corrected chi connectivity index (χ4v) is 4.68. The van der Waals surface area contributed by atoms with Crippen molar-refractivity contribution in [3.63, 3.8) is 0 Å². The van der Waals surface area contributed by atoms with Gasteiger partial charge in [0, 0.05) is 0 Å². The minimum absolute atomic E-state index is 0.903. The van der Waals surface area contributed by atoms with Crippen molar-refractivity contribution < 1.29 is 0 Å². The van der Waals surface area contributed by atoms with Crippen LogP contribution in [0.3, 0.4) is 0 Å². The van der Waals surface area contributed by atoms with Crippen molar-refractivity contribution in [2.75, 3.05) is 0 Å². The van der Waals surface area contributed by atoms with Gasteiger partial charge in [-0.05, 0) is 24.3 Å². The molecule has 0 spiro atoms. The van der Waals surface area contributed by atoms with Crippen LogP contribution in [0.1, 0.15) is 175 Å². The highest BCUT2D eigenvalue weighted by molar-refractivity contribution is 5.14. The van der Waals surface area contributed by atoms with Crippen LogP contribution in [0.4, 0.5) is 0 Å². The zero-order valence-electron chi connectivity index (χ0n) is 24.2. The van der Waals surface area contributed by atoms with E-state index >= 15 is 0 Å². The quantitative estimate of drug-likeness (QED) is 0.139. The molecule has 0 nitrogen and oxygen atoms in total. The number of aryl methyl sites for hydroxylation is 1. The molecule has 0 bridgehead atoms. The van der Waals surface area contributed by atoms with Crippen molar-refractivity contribution in [1.82, 2.24) is 0 Å². The van der Waals surface area contributed by atoms with Crippen molar-refractivity contribution in [3.05, 3.63) is 35.9 Å². The maximum Gasteiger partial charge on any atom is -0.0279 e. The standard InChI is InChI=1S/C22H38.C12H26/c1-2-3-4-5-6-7-8-9-10-11-12-13-14-16-19-22-20-17-15-18-21-22;1-4-5-6-7-8-9-10-11-12(2)3/h15,17-18,20-21H,2-14,16,19H2,1H3;12H,4-11H2,1-3H3. The van der Waals surface area contributed by atoms with Gasteiger partial charge in [-0.1, -0.05) is 193 Å². The number of hydrogen-bond acceptors (Lipinski definition) is 0. The number of hydrogen-bond donors (Lipinski definition) is 0. The van der Waals surface area contributed by atoms with Crippen LogP contribution in [0.2, 0.25) is 0 Å². The third kappa shape index (κ3) is 27.5. The first kappa shape index (κ1) is 33.2. The molecule has 200 valence electrons. The van der Waals surface area contributed by atoms with E-state index in [0.29, 0.717) is 0 Å². The molecule has 1 aromatic rings. The Kier molecular flexibility index (Phi) is 27.8. The van der Waals surface area contributed by atoms with Gasteiger partial charge in [-0.2, -0.15) is 0 Å². The van der Waals surface area contributed by atoms with Gasteiger partial charge in [-0.25, -0.2) is 0 Å². The van der Waals surface area contributed by atoms with Crippen LogP contribution in [-0.4, -0.2) is 0 Å². The lowest BCUT2D eigenvalue weighted by molar-refractivity contribution is 0.511. The van der Waals surface area contributed by atoms with Crippen LogP contribution < -0.4 is 0 Å². The Labute approximate surface area is 217 Å². The molecule has 0 saturated heterocycles. The highest BCUT2D eigenvalue weighted by Crippen LogP contribution is 2.14. The maximum atomic E-state index is 2.32. The van der Waals surface area contributed by atoms with Crippen LogP contribution in [0, 0.1) is 5.92 Å². The molecule has 0 radical (unpaired) electrons. The van der Waals surface area contributed by atoms with Crippen LogP contribution in [0.25, 0.3) is 0 Å². The maximum absolute atomic E-state index is 2.32. The largest absolute Gasteiger partial charge is 0.0654 e. The molecule has 0 aliphatic rings. The van der Waals surface area contributed by atoms with E-state index in [4.69, 9.17) is 0 Å². The molecule has 1 rings (SSSR count). The van der Waals surface area contributed by atoms with Crippen molar-refractivity contribution in [3.8, 4) is 0 Å². The molecule has 0 heterocycles. The van der Waals surface area contributed by atoms with Gasteiger partial charge in [-0.3, -0.25) is 0 Å². The summed E-state index contributed by atoms with van der Waals surface area (Å²) in [5.74, 6) is 0.903.